The molecule has 0 bridgehead atoms. The second-order valence-corrected chi connectivity index (χ2v) is 7.48. The van der Waals surface area contributed by atoms with Crippen LogP contribution in [0.15, 0.2) is 72.8 Å². The first-order valence-electron chi connectivity index (χ1n) is 8.79. The molecule has 27 heavy (non-hydrogen) atoms. The number of hydrogen-bond acceptors (Lipinski definition) is 2. The number of rotatable bonds is 7. The lowest BCUT2D eigenvalue weighted by atomic mass is 9.85. The first-order valence-corrected chi connectivity index (χ1v) is 9.17. The van der Waals surface area contributed by atoms with Crippen LogP contribution in [0.4, 0.5) is 4.39 Å². The largest absolute Gasteiger partial charge is 0.457 e. The van der Waals surface area contributed by atoms with Crippen molar-refractivity contribution in [2.45, 2.75) is 25.9 Å². The van der Waals surface area contributed by atoms with Gasteiger partial charge in [0.25, 0.3) is 0 Å². The Kier molecular flexibility index (Phi) is 6.15. The van der Waals surface area contributed by atoms with E-state index in [0.717, 1.165) is 22.6 Å². The van der Waals surface area contributed by atoms with Crippen LogP contribution >= 0.6 is 11.6 Å². The second-order valence-electron chi connectivity index (χ2n) is 7.07. The highest BCUT2D eigenvalue weighted by Crippen LogP contribution is 2.28. The molecule has 0 radical (unpaired) electrons. The zero-order valence-electron chi connectivity index (χ0n) is 15.4. The zero-order valence-corrected chi connectivity index (χ0v) is 16.2. The van der Waals surface area contributed by atoms with Gasteiger partial charge >= 0.3 is 0 Å². The van der Waals surface area contributed by atoms with E-state index in [-0.39, 0.29) is 10.4 Å². The van der Waals surface area contributed by atoms with Crippen molar-refractivity contribution in [3.8, 4) is 11.5 Å². The standard InChI is InChI=1S/C23H22ClFO2/c1-23(2,18-11-12-22(25)21(24)14-18)16-26-15-17-7-6-10-20(13-17)27-19-8-4-3-5-9-19/h3-14H,15-16H2,1-2H3. The Hall–Kier alpha value is -2.36. The minimum absolute atomic E-state index is 0.131. The fourth-order valence-corrected chi connectivity index (χ4v) is 2.93. The monoisotopic (exact) mass is 384 g/mol. The maximum absolute atomic E-state index is 13.4. The van der Waals surface area contributed by atoms with Crippen molar-refractivity contribution >= 4 is 11.6 Å². The normalized spacial score (nSPS) is 11.4. The summed E-state index contributed by atoms with van der Waals surface area (Å²) in [4.78, 5) is 0. The van der Waals surface area contributed by atoms with Crippen LogP contribution in [0.3, 0.4) is 0 Å². The summed E-state index contributed by atoms with van der Waals surface area (Å²) in [5.74, 6) is 1.16. The van der Waals surface area contributed by atoms with Crippen molar-refractivity contribution in [2.75, 3.05) is 6.61 Å². The average Bonchev–Trinajstić information content (AvgIpc) is 2.65. The van der Waals surface area contributed by atoms with E-state index >= 15 is 0 Å². The molecule has 0 aliphatic heterocycles. The van der Waals surface area contributed by atoms with E-state index in [4.69, 9.17) is 21.1 Å². The van der Waals surface area contributed by atoms with Crippen LogP contribution in [0.5, 0.6) is 11.5 Å². The number of halogens is 2. The third-order valence-electron chi connectivity index (χ3n) is 4.31. The van der Waals surface area contributed by atoms with Gasteiger partial charge in [-0.1, -0.05) is 61.8 Å². The molecule has 3 rings (SSSR count). The molecule has 0 N–H and O–H groups in total. The molecule has 140 valence electrons. The van der Waals surface area contributed by atoms with Gasteiger partial charge in [0.2, 0.25) is 0 Å². The molecule has 0 heterocycles. The summed E-state index contributed by atoms with van der Waals surface area (Å²) >= 11 is 5.90. The van der Waals surface area contributed by atoms with Crippen LogP contribution < -0.4 is 4.74 Å². The van der Waals surface area contributed by atoms with Crippen LogP contribution in [-0.4, -0.2) is 6.61 Å². The molecule has 0 aliphatic rings. The molecular weight excluding hydrogens is 363 g/mol. The Morgan fingerprint density at radius 1 is 0.889 bits per heavy atom. The molecule has 3 aromatic carbocycles. The lowest BCUT2D eigenvalue weighted by Gasteiger charge is -2.25. The minimum Gasteiger partial charge on any atom is -0.457 e. The molecule has 0 aliphatic carbocycles. The Morgan fingerprint density at radius 3 is 2.37 bits per heavy atom. The highest BCUT2D eigenvalue weighted by molar-refractivity contribution is 6.30. The predicted octanol–water partition coefficient (Wildman–Crippen LogP) is 6.77. The van der Waals surface area contributed by atoms with E-state index in [2.05, 4.69) is 0 Å². The van der Waals surface area contributed by atoms with E-state index < -0.39 is 5.82 Å². The second kappa shape index (κ2) is 8.55. The smallest absolute Gasteiger partial charge is 0.141 e. The van der Waals surface area contributed by atoms with Gasteiger partial charge in [0.1, 0.15) is 17.3 Å². The van der Waals surface area contributed by atoms with E-state index in [1.165, 1.54) is 6.07 Å². The number of hydrogen-bond donors (Lipinski definition) is 0. The summed E-state index contributed by atoms with van der Waals surface area (Å²) in [5, 5.41) is 0.131. The summed E-state index contributed by atoms with van der Waals surface area (Å²) in [6.07, 6.45) is 0. The summed E-state index contributed by atoms with van der Waals surface area (Å²) in [6, 6.07) is 22.3. The van der Waals surface area contributed by atoms with Crippen molar-refractivity contribution in [1.29, 1.82) is 0 Å². The summed E-state index contributed by atoms with van der Waals surface area (Å²) in [6.45, 7) is 5.04. The molecule has 0 saturated carbocycles. The molecule has 4 heteroatoms. The van der Waals surface area contributed by atoms with Gasteiger partial charge in [-0.15, -0.1) is 0 Å². The van der Waals surface area contributed by atoms with Crippen molar-refractivity contribution in [2.24, 2.45) is 0 Å². The fraction of sp³-hybridized carbons (Fsp3) is 0.217. The third kappa shape index (κ3) is 5.31. The molecular formula is C23H22ClFO2. The van der Waals surface area contributed by atoms with Gasteiger partial charge in [-0.25, -0.2) is 4.39 Å². The van der Waals surface area contributed by atoms with Crippen molar-refractivity contribution in [3.05, 3.63) is 94.8 Å². The van der Waals surface area contributed by atoms with Gasteiger partial charge in [-0.3, -0.25) is 0 Å². The minimum atomic E-state index is -0.410. The van der Waals surface area contributed by atoms with Gasteiger partial charge in [-0.2, -0.15) is 0 Å². The van der Waals surface area contributed by atoms with Gasteiger partial charge in [0.15, 0.2) is 0 Å². The van der Waals surface area contributed by atoms with Gasteiger partial charge in [0.05, 0.1) is 18.2 Å². The van der Waals surface area contributed by atoms with Crippen molar-refractivity contribution < 1.29 is 13.9 Å². The number of para-hydroxylation sites is 1. The van der Waals surface area contributed by atoms with Gasteiger partial charge in [0, 0.05) is 5.41 Å². The first-order chi connectivity index (χ1) is 12.9. The summed E-state index contributed by atoms with van der Waals surface area (Å²) in [7, 11) is 0. The van der Waals surface area contributed by atoms with Crippen molar-refractivity contribution in [3.63, 3.8) is 0 Å². The molecule has 0 spiro atoms. The molecule has 0 fully saturated rings. The average molecular weight is 385 g/mol. The van der Waals surface area contributed by atoms with Crippen LogP contribution in [0.1, 0.15) is 25.0 Å². The van der Waals surface area contributed by atoms with Gasteiger partial charge < -0.3 is 9.47 Å². The predicted molar refractivity (Wildman–Crippen MR) is 107 cm³/mol. The Morgan fingerprint density at radius 2 is 1.63 bits per heavy atom. The molecule has 0 aromatic heterocycles. The maximum atomic E-state index is 13.4. The van der Waals surface area contributed by atoms with E-state index in [0.29, 0.717) is 13.2 Å². The molecule has 2 nitrogen and oxygen atoms in total. The molecule has 0 atom stereocenters. The van der Waals surface area contributed by atoms with Crippen LogP contribution in [0, 0.1) is 5.82 Å². The SMILES string of the molecule is CC(C)(COCc1cccc(Oc2ccccc2)c1)c1ccc(F)c(Cl)c1. The molecule has 3 aromatic rings. The van der Waals surface area contributed by atoms with Crippen molar-refractivity contribution in [1.82, 2.24) is 0 Å². The van der Waals surface area contributed by atoms with E-state index in [1.54, 1.807) is 12.1 Å². The van der Waals surface area contributed by atoms with Crippen LogP contribution in [-0.2, 0) is 16.8 Å². The van der Waals surface area contributed by atoms with E-state index in [9.17, 15) is 4.39 Å². The van der Waals surface area contributed by atoms with Crippen LogP contribution in [0.2, 0.25) is 5.02 Å². The molecule has 0 saturated heterocycles. The topological polar surface area (TPSA) is 18.5 Å². The molecule has 0 unspecified atom stereocenters. The highest BCUT2D eigenvalue weighted by Gasteiger charge is 2.22. The quantitative estimate of drug-likeness (QED) is 0.447. The van der Waals surface area contributed by atoms with Gasteiger partial charge in [-0.05, 0) is 47.5 Å². The zero-order chi connectivity index (χ0) is 19.3. The Balaban J connectivity index is 1.59. The number of benzene rings is 3. The summed E-state index contributed by atoms with van der Waals surface area (Å²) in [5.41, 5.74) is 1.68. The Bertz CT molecular complexity index is 894. The fourth-order valence-electron chi connectivity index (χ4n) is 2.75. The lowest BCUT2D eigenvalue weighted by Crippen LogP contribution is -2.24. The molecule has 0 amide bonds. The number of ether oxygens (including phenoxy) is 2. The highest BCUT2D eigenvalue weighted by atomic mass is 35.5. The lowest BCUT2D eigenvalue weighted by molar-refractivity contribution is 0.0824. The van der Waals surface area contributed by atoms with Crippen LogP contribution in [0.25, 0.3) is 0 Å². The summed E-state index contributed by atoms with van der Waals surface area (Å²) < 4.78 is 25.2. The van der Waals surface area contributed by atoms with E-state index in [1.807, 2.05) is 68.4 Å². The first kappa shape index (κ1) is 19.4. The maximum Gasteiger partial charge on any atom is 0.141 e. The third-order valence-corrected chi connectivity index (χ3v) is 4.60. The Labute approximate surface area is 164 Å².